The summed E-state index contributed by atoms with van der Waals surface area (Å²) in [5.41, 5.74) is -3.05. The van der Waals surface area contributed by atoms with Gasteiger partial charge in [0.25, 0.3) is 0 Å². The molecule has 418 valence electrons. The van der Waals surface area contributed by atoms with E-state index in [1.54, 1.807) is 47.6 Å². The fourth-order valence-electron chi connectivity index (χ4n) is 11.2. The molecule has 18 nitrogen and oxygen atoms in total. The number of hydrogen-bond donors (Lipinski definition) is 5. The van der Waals surface area contributed by atoms with Crippen LogP contribution in [0.25, 0.3) is 0 Å². The molecule has 0 saturated carbocycles. The monoisotopic (exact) mass is 1060 g/mol. The lowest BCUT2D eigenvalue weighted by Gasteiger charge is -2.49. The van der Waals surface area contributed by atoms with Crippen molar-refractivity contribution in [1.29, 1.82) is 0 Å². The van der Waals surface area contributed by atoms with E-state index in [4.69, 9.17) is 49.5 Å². The predicted octanol–water partition coefficient (Wildman–Crippen LogP) is 6.46. The lowest BCUT2D eigenvalue weighted by atomic mass is 9.77. The van der Waals surface area contributed by atoms with Crippen LogP contribution in [0, 0.1) is 17.8 Å². The summed E-state index contributed by atoms with van der Waals surface area (Å²) >= 11 is 6.34. The number of nitrogens with one attached hydrogen (secondary N) is 2. The van der Waals surface area contributed by atoms with Crippen LogP contribution in [0.2, 0.25) is 5.02 Å². The van der Waals surface area contributed by atoms with Gasteiger partial charge in [-0.15, -0.1) is 0 Å². The van der Waals surface area contributed by atoms with Gasteiger partial charge in [0.15, 0.2) is 24.8 Å². The zero-order valence-corrected chi connectivity index (χ0v) is 46.9. The molecule has 0 spiro atoms. The van der Waals surface area contributed by atoms with Gasteiger partial charge in [0.05, 0.1) is 35.9 Å². The maximum atomic E-state index is 14.9. The third-order valence-electron chi connectivity index (χ3n) is 15.5. The molecule has 0 aromatic heterocycles. The van der Waals surface area contributed by atoms with Gasteiger partial charge < -0.3 is 68.7 Å². The molecule has 3 aliphatic rings. The van der Waals surface area contributed by atoms with Crippen LogP contribution >= 0.6 is 11.6 Å². The zero-order chi connectivity index (χ0) is 54.9. The second-order valence-corrected chi connectivity index (χ2v) is 22.4. The van der Waals surface area contributed by atoms with E-state index in [-0.39, 0.29) is 50.4 Å². The number of amides is 2. The summed E-state index contributed by atoms with van der Waals surface area (Å²) in [6.45, 7) is 18.4. The molecule has 2 aromatic carbocycles. The minimum Gasteiger partial charge on any atom is -0.459 e. The summed E-state index contributed by atoms with van der Waals surface area (Å²) in [6, 6.07) is 15.8. The third kappa shape index (κ3) is 15.5. The van der Waals surface area contributed by atoms with E-state index in [1.165, 1.54) is 14.0 Å². The first kappa shape index (κ1) is 61.2. The van der Waals surface area contributed by atoms with Crippen molar-refractivity contribution in [3.63, 3.8) is 0 Å². The minimum absolute atomic E-state index is 0.0315. The smallest absolute Gasteiger partial charge is 0.407 e. The molecule has 0 radical (unpaired) electrons. The van der Waals surface area contributed by atoms with Crippen molar-refractivity contribution >= 4 is 29.8 Å². The summed E-state index contributed by atoms with van der Waals surface area (Å²) in [5.74, 6) is -3.00. The second-order valence-electron chi connectivity index (χ2n) is 22.0. The van der Waals surface area contributed by atoms with E-state index in [0.717, 1.165) is 11.1 Å². The summed E-state index contributed by atoms with van der Waals surface area (Å²) in [4.78, 5) is 45.7. The molecule has 2 amide bonds. The number of esters is 1. The topological polar surface area (TPSA) is 216 Å². The number of rotatable bonds is 14. The SMILES string of the molecule is CC[C@H]1OC(=O)[C@H](C)[C@@H](O[C@H]2C[C@@](C)(OC)[C@@H](OC(=O)NCCc3ccccc3Cl)[C@H](C)O2)[C@H](C)[C@@H](O[C@@H]2O[C@H](C)C[C@H](N(C)C)[C@H]2O)[C@](C)(O)C[C@@H](C)CN(C)[C@H](C)[C@@H](OC(=O)NCc2ccccc2)[C@]1(C)O. The van der Waals surface area contributed by atoms with Crippen molar-refractivity contribution in [2.45, 2.75) is 198 Å². The molecule has 3 fully saturated rings. The fourth-order valence-corrected chi connectivity index (χ4v) is 11.5. The van der Waals surface area contributed by atoms with Crippen LogP contribution in [0.15, 0.2) is 54.6 Å². The normalized spacial score (nSPS) is 38.0. The average Bonchev–Trinajstić information content (AvgIpc) is 3.34. The number of aliphatic hydroxyl groups excluding tert-OH is 1. The van der Waals surface area contributed by atoms with Gasteiger partial charge in [-0.1, -0.05) is 80.9 Å². The molecule has 74 heavy (non-hydrogen) atoms. The van der Waals surface area contributed by atoms with Crippen LogP contribution in [0.4, 0.5) is 9.59 Å². The van der Waals surface area contributed by atoms with Crippen LogP contribution in [-0.4, -0.2) is 175 Å². The number of alkyl carbamates (subject to hydrolysis) is 2. The first-order valence-electron chi connectivity index (χ1n) is 26.3. The maximum Gasteiger partial charge on any atom is 0.407 e. The first-order chi connectivity index (χ1) is 34.7. The Morgan fingerprint density at radius 1 is 0.878 bits per heavy atom. The molecule has 19 heteroatoms. The number of aliphatic hydroxyl groups is 3. The maximum absolute atomic E-state index is 14.9. The Bertz CT molecular complexity index is 2100. The molecular weight excluding hydrogens is 976 g/mol. The van der Waals surface area contributed by atoms with Gasteiger partial charge in [-0.25, -0.2) is 9.59 Å². The number of hydrogen-bond acceptors (Lipinski definition) is 16. The van der Waals surface area contributed by atoms with E-state index in [2.05, 4.69) is 10.6 Å². The molecule has 3 saturated heterocycles. The quantitative estimate of drug-likeness (QED) is 0.101. The molecule has 3 heterocycles. The van der Waals surface area contributed by atoms with E-state index >= 15 is 0 Å². The number of carbonyl (C=O) groups is 3. The highest BCUT2D eigenvalue weighted by Gasteiger charge is 2.54. The highest BCUT2D eigenvalue weighted by atomic mass is 35.5. The van der Waals surface area contributed by atoms with Crippen LogP contribution < -0.4 is 10.6 Å². The highest BCUT2D eigenvalue weighted by Crippen LogP contribution is 2.41. The molecule has 5 rings (SSSR count). The summed E-state index contributed by atoms with van der Waals surface area (Å²) in [5, 5.41) is 43.6. The number of carbonyl (C=O) groups excluding carboxylic acids is 3. The molecule has 2 aromatic rings. The van der Waals surface area contributed by atoms with Gasteiger partial charge in [-0.05, 0) is 118 Å². The molecule has 0 aliphatic carbocycles. The van der Waals surface area contributed by atoms with Gasteiger partial charge >= 0.3 is 18.2 Å². The Balaban J connectivity index is 1.51. The van der Waals surface area contributed by atoms with E-state index in [0.29, 0.717) is 24.4 Å². The van der Waals surface area contributed by atoms with Crippen molar-refractivity contribution in [2.24, 2.45) is 17.8 Å². The molecule has 0 bridgehead atoms. The van der Waals surface area contributed by atoms with E-state index in [9.17, 15) is 29.7 Å². The van der Waals surface area contributed by atoms with E-state index in [1.807, 2.05) is 100 Å². The van der Waals surface area contributed by atoms with Crippen LogP contribution in [0.1, 0.15) is 106 Å². The number of ether oxygens (including phenoxy) is 8. The van der Waals surface area contributed by atoms with Crippen molar-refractivity contribution in [3.8, 4) is 0 Å². The van der Waals surface area contributed by atoms with Crippen LogP contribution in [0.5, 0.6) is 0 Å². The molecule has 18 atom stereocenters. The van der Waals surface area contributed by atoms with Gasteiger partial charge in [0.1, 0.15) is 23.4 Å². The van der Waals surface area contributed by atoms with Crippen LogP contribution in [0.3, 0.4) is 0 Å². The molecule has 0 unspecified atom stereocenters. The first-order valence-corrected chi connectivity index (χ1v) is 26.6. The van der Waals surface area contributed by atoms with Crippen molar-refractivity contribution in [3.05, 3.63) is 70.7 Å². The molecule has 3 aliphatic heterocycles. The number of benzene rings is 2. The molecule has 5 N–H and O–H groups in total. The lowest BCUT2D eigenvalue weighted by molar-refractivity contribution is -0.317. The summed E-state index contributed by atoms with van der Waals surface area (Å²) in [7, 11) is 7.10. The minimum atomic E-state index is -1.93. The Labute approximate surface area is 444 Å². The van der Waals surface area contributed by atoms with Gasteiger partial charge in [-0.2, -0.15) is 0 Å². The largest absolute Gasteiger partial charge is 0.459 e. The Kier molecular flexibility index (Phi) is 22.0. The van der Waals surface area contributed by atoms with Gasteiger partial charge in [-0.3, -0.25) is 9.69 Å². The van der Waals surface area contributed by atoms with Crippen molar-refractivity contribution in [2.75, 3.05) is 41.3 Å². The summed E-state index contributed by atoms with van der Waals surface area (Å²) in [6.07, 6.45) is -10.2. The number of halogens is 1. The van der Waals surface area contributed by atoms with Crippen molar-refractivity contribution in [1.82, 2.24) is 20.4 Å². The third-order valence-corrected chi connectivity index (χ3v) is 15.9. The highest BCUT2D eigenvalue weighted by molar-refractivity contribution is 6.31. The fraction of sp³-hybridized carbons (Fsp3) is 0.727. The predicted molar refractivity (Wildman–Crippen MR) is 279 cm³/mol. The van der Waals surface area contributed by atoms with Crippen LogP contribution in [-0.2, 0) is 55.7 Å². The van der Waals surface area contributed by atoms with Gasteiger partial charge in [0, 0.05) is 56.2 Å². The standard InChI is InChI=1S/C55H87ClN4O14/c1-15-42-55(10,66)47(73-52(64)58-30-38-21-17-16-18-22-38)36(6)60(13)31-32(2)28-53(8,65)46(72-50-44(61)41(59(11)12)27-33(3)68-50)34(4)45(35(5)49(62)70-42)71-43-29-54(9,67-14)48(37(7)69-43)74-51(63)57-26-25-39-23-19-20-24-40(39)56/h16-24,32-37,41-48,50,61,65-66H,15,25-31H2,1-14H3,(H,57,63)(H,58,64)/t32-,33-,34+,35-,36-,37+,41+,42-,43+,44-,45+,46-,47-,48+,50+,53-,54-,55-/m1/s1. The summed E-state index contributed by atoms with van der Waals surface area (Å²) < 4.78 is 51.2. The number of cyclic esters (lactones) is 1. The Morgan fingerprint density at radius 3 is 2.15 bits per heavy atom. The Morgan fingerprint density at radius 2 is 1.51 bits per heavy atom. The second kappa shape index (κ2) is 26.6. The Hall–Kier alpha value is -3.66. The lowest BCUT2D eigenvalue weighted by Crippen LogP contribution is -2.61. The number of nitrogens with zero attached hydrogens (tertiary/aromatic N) is 2. The average molecular weight is 1060 g/mol. The number of likely N-dealkylation sites (N-methyl/N-ethyl adjacent to an activating group) is 2. The zero-order valence-electron chi connectivity index (χ0n) is 46.1. The van der Waals surface area contributed by atoms with Gasteiger partial charge in [0.2, 0.25) is 0 Å². The molecular formula is C55H87ClN4O14. The van der Waals surface area contributed by atoms with E-state index < -0.39 is 108 Å². The number of methoxy groups -OCH3 is 1. The van der Waals surface area contributed by atoms with Crippen molar-refractivity contribution < 1.29 is 67.6 Å².